The zero-order valence-electron chi connectivity index (χ0n) is 10.6. The molecule has 1 saturated heterocycles. The van der Waals surface area contributed by atoms with Crippen LogP contribution in [0.3, 0.4) is 0 Å². The maximum atomic E-state index is 11.8. The van der Waals surface area contributed by atoms with E-state index < -0.39 is 0 Å². The largest absolute Gasteiger partial charge is 0.320 e. The zero-order chi connectivity index (χ0) is 12.6. The van der Waals surface area contributed by atoms with Crippen molar-refractivity contribution in [3.05, 3.63) is 24.0 Å². The Hall–Kier alpha value is -1.42. The summed E-state index contributed by atoms with van der Waals surface area (Å²) in [6, 6.07) is 3.58. The van der Waals surface area contributed by atoms with Crippen LogP contribution in [0.25, 0.3) is 0 Å². The normalized spacial score (nSPS) is 21.1. The SMILES string of the molecule is CC(C)(C)c1ccc(N2CCC(N)C2=O)cn1. The van der Waals surface area contributed by atoms with Crippen molar-refractivity contribution in [2.75, 3.05) is 11.4 Å². The average Bonchev–Trinajstić information content (AvgIpc) is 2.59. The second-order valence-corrected chi connectivity index (χ2v) is 5.54. The molecular weight excluding hydrogens is 214 g/mol. The van der Waals surface area contributed by atoms with Crippen LogP contribution in [0.1, 0.15) is 32.9 Å². The van der Waals surface area contributed by atoms with Crippen molar-refractivity contribution < 1.29 is 4.79 Å². The van der Waals surface area contributed by atoms with E-state index in [0.717, 1.165) is 17.8 Å². The van der Waals surface area contributed by atoms with Crippen LogP contribution in [0.4, 0.5) is 5.69 Å². The van der Waals surface area contributed by atoms with Crippen LogP contribution < -0.4 is 10.6 Å². The number of nitrogens with two attached hydrogens (primary N) is 1. The smallest absolute Gasteiger partial charge is 0.244 e. The Morgan fingerprint density at radius 3 is 2.53 bits per heavy atom. The molecule has 1 aromatic rings. The maximum absolute atomic E-state index is 11.8. The molecule has 1 aliphatic rings. The summed E-state index contributed by atoms with van der Waals surface area (Å²) >= 11 is 0. The standard InChI is InChI=1S/C13H19N3O/c1-13(2,3)11-5-4-9(8-15-11)16-7-6-10(14)12(16)17/h4-5,8,10H,6-7,14H2,1-3H3. The van der Waals surface area contributed by atoms with E-state index >= 15 is 0 Å². The highest BCUT2D eigenvalue weighted by Gasteiger charge is 2.29. The lowest BCUT2D eigenvalue weighted by Gasteiger charge is -2.20. The van der Waals surface area contributed by atoms with Crippen LogP contribution in [0, 0.1) is 0 Å². The number of anilines is 1. The summed E-state index contributed by atoms with van der Waals surface area (Å²) in [5.41, 5.74) is 7.59. The number of amides is 1. The minimum Gasteiger partial charge on any atom is -0.320 e. The molecule has 2 rings (SSSR count). The van der Waals surface area contributed by atoms with Gasteiger partial charge in [0.1, 0.15) is 0 Å². The molecule has 2 heterocycles. The van der Waals surface area contributed by atoms with Gasteiger partial charge in [0.25, 0.3) is 0 Å². The molecule has 0 saturated carbocycles. The van der Waals surface area contributed by atoms with Gasteiger partial charge in [-0.15, -0.1) is 0 Å². The number of carbonyl (C=O) groups excluding carboxylic acids is 1. The van der Waals surface area contributed by atoms with Crippen LogP contribution in [-0.2, 0) is 10.2 Å². The van der Waals surface area contributed by atoms with E-state index in [2.05, 4.69) is 25.8 Å². The van der Waals surface area contributed by atoms with Gasteiger partial charge in [0.15, 0.2) is 0 Å². The predicted octanol–water partition coefficient (Wildman–Crippen LogP) is 1.44. The lowest BCUT2D eigenvalue weighted by atomic mass is 9.92. The number of nitrogens with zero attached hydrogens (tertiary/aromatic N) is 2. The summed E-state index contributed by atoms with van der Waals surface area (Å²) in [5.74, 6) is -0.00434. The van der Waals surface area contributed by atoms with Crippen LogP contribution in [0.5, 0.6) is 0 Å². The molecule has 0 bridgehead atoms. The van der Waals surface area contributed by atoms with Gasteiger partial charge < -0.3 is 10.6 Å². The summed E-state index contributed by atoms with van der Waals surface area (Å²) < 4.78 is 0. The van der Waals surface area contributed by atoms with E-state index in [-0.39, 0.29) is 17.4 Å². The van der Waals surface area contributed by atoms with Crippen LogP contribution in [0.2, 0.25) is 0 Å². The van der Waals surface area contributed by atoms with Gasteiger partial charge in [-0.1, -0.05) is 20.8 Å². The van der Waals surface area contributed by atoms with Gasteiger partial charge in [-0.3, -0.25) is 9.78 Å². The van der Waals surface area contributed by atoms with Crippen molar-refractivity contribution in [2.24, 2.45) is 5.73 Å². The van der Waals surface area contributed by atoms with Gasteiger partial charge in [0.2, 0.25) is 5.91 Å². The Kier molecular flexibility index (Phi) is 2.91. The first-order valence-corrected chi connectivity index (χ1v) is 5.93. The average molecular weight is 233 g/mol. The molecule has 17 heavy (non-hydrogen) atoms. The second-order valence-electron chi connectivity index (χ2n) is 5.54. The van der Waals surface area contributed by atoms with Gasteiger partial charge in [0.05, 0.1) is 17.9 Å². The molecular formula is C13H19N3O. The molecule has 0 spiro atoms. The highest BCUT2D eigenvalue weighted by Crippen LogP contribution is 2.24. The van der Waals surface area contributed by atoms with Crippen LogP contribution in [-0.4, -0.2) is 23.5 Å². The minimum absolute atomic E-state index is 0.00434. The Bertz CT molecular complexity index is 419. The van der Waals surface area contributed by atoms with Crippen molar-refractivity contribution in [2.45, 2.75) is 38.6 Å². The zero-order valence-corrected chi connectivity index (χ0v) is 10.6. The molecule has 2 N–H and O–H groups in total. The topological polar surface area (TPSA) is 59.2 Å². The minimum atomic E-state index is -0.350. The Morgan fingerprint density at radius 1 is 1.41 bits per heavy atom. The van der Waals surface area contributed by atoms with Crippen molar-refractivity contribution in [3.8, 4) is 0 Å². The lowest BCUT2D eigenvalue weighted by Crippen LogP contribution is -2.34. The molecule has 92 valence electrons. The van der Waals surface area contributed by atoms with Crippen molar-refractivity contribution in [1.82, 2.24) is 4.98 Å². The molecule has 4 nitrogen and oxygen atoms in total. The van der Waals surface area contributed by atoms with E-state index in [0.29, 0.717) is 6.54 Å². The van der Waals surface area contributed by atoms with Crippen molar-refractivity contribution >= 4 is 11.6 Å². The molecule has 1 atom stereocenters. The summed E-state index contributed by atoms with van der Waals surface area (Å²) in [6.45, 7) is 7.04. The Morgan fingerprint density at radius 2 is 2.12 bits per heavy atom. The Labute approximate surface area is 102 Å². The third-order valence-electron chi connectivity index (χ3n) is 3.07. The summed E-state index contributed by atoms with van der Waals surface area (Å²) in [4.78, 5) is 17.9. The molecule has 0 aliphatic carbocycles. The fourth-order valence-electron chi connectivity index (χ4n) is 1.95. The third kappa shape index (κ3) is 2.31. The quantitative estimate of drug-likeness (QED) is 0.798. The molecule has 1 unspecified atom stereocenters. The summed E-state index contributed by atoms with van der Waals surface area (Å²) in [6.07, 6.45) is 2.48. The van der Waals surface area contributed by atoms with Gasteiger partial charge >= 0.3 is 0 Å². The molecule has 1 fully saturated rings. The molecule has 1 amide bonds. The summed E-state index contributed by atoms with van der Waals surface area (Å²) in [7, 11) is 0. The van der Waals surface area contributed by atoms with E-state index in [1.165, 1.54) is 0 Å². The van der Waals surface area contributed by atoms with Crippen LogP contribution >= 0.6 is 0 Å². The molecule has 0 radical (unpaired) electrons. The maximum Gasteiger partial charge on any atom is 0.244 e. The van der Waals surface area contributed by atoms with Gasteiger partial charge in [0, 0.05) is 17.7 Å². The fraction of sp³-hybridized carbons (Fsp3) is 0.538. The van der Waals surface area contributed by atoms with Crippen molar-refractivity contribution in [3.63, 3.8) is 0 Å². The number of aromatic nitrogens is 1. The molecule has 1 aliphatic heterocycles. The molecule has 0 aromatic carbocycles. The van der Waals surface area contributed by atoms with Crippen molar-refractivity contribution in [1.29, 1.82) is 0 Å². The first-order valence-electron chi connectivity index (χ1n) is 5.93. The van der Waals surface area contributed by atoms with Gasteiger partial charge in [-0.05, 0) is 18.6 Å². The highest BCUT2D eigenvalue weighted by atomic mass is 16.2. The lowest BCUT2D eigenvalue weighted by molar-refractivity contribution is -0.118. The van der Waals surface area contributed by atoms with E-state index in [9.17, 15) is 4.79 Å². The first kappa shape index (κ1) is 12.0. The fourth-order valence-corrected chi connectivity index (χ4v) is 1.95. The number of pyridine rings is 1. The number of carbonyl (C=O) groups is 1. The molecule has 1 aromatic heterocycles. The predicted molar refractivity (Wildman–Crippen MR) is 67.9 cm³/mol. The van der Waals surface area contributed by atoms with E-state index in [4.69, 9.17) is 5.73 Å². The first-order chi connectivity index (χ1) is 7.89. The van der Waals surface area contributed by atoms with E-state index in [1.807, 2.05) is 12.1 Å². The third-order valence-corrected chi connectivity index (χ3v) is 3.07. The Balaban J connectivity index is 2.22. The monoisotopic (exact) mass is 233 g/mol. The van der Waals surface area contributed by atoms with Gasteiger partial charge in [-0.25, -0.2) is 0 Å². The summed E-state index contributed by atoms with van der Waals surface area (Å²) in [5, 5.41) is 0. The second kappa shape index (κ2) is 4.11. The number of rotatable bonds is 1. The van der Waals surface area contributed by atoms with E-state index in [1.54, 1.807) is 11.1 Å². The van der Waals surface area contributed by atoms with Crippen LogP contribution in [0.15, 0.2) is 18.3 Å². The van der Waals surface area contributed by atoms with Gasteiger partial charge in [-0.2, -0.15) is 0 Å². The molecule has 4 heteroatoms. The number of hydrogen-bond donors (Lipinski definition) is 1. The number of hydrogen-bond acceptors (Lipinski definition) is 3. The highest BCUT2D eigenvalue weighted by molar-refractivity contribution is 5.99.